The van der Waals surface area contributed by atoms with Crippen LogP contribution in [-0.4, -0.2) is 23.7 Å². The fourth-order valence-electron chi connectivity index (χ4n) is 3.40. The van der Waals surface area contributed by atoms with E-state index in [4.69, 9.17) is 4.65 Å². The Balaban J connectivity index is 1.80. The van der Waals surface area contributed by atoms with E-state index in [2.05, 4.69) is 54.6 Å². The molecule has 0 aliphatic rings. The van der Waals surface area contributed by atoms with E-state index in [1.807, 2.05) is 32.0 Å². The van der Waals surface area contributed by atoms with Crippen LogP contribution in [-0.2, 0) is 4.65 Å². The number of aliphatic hydroxyl groups is 1. The number of fused-ring (bicyclic) bond motifs is 5. The van der Waals surface area contributed by atoms with Crippen molar-refractivity contribution in [1.82, 2.24) is 0 Å². The van der Waals surface area contributed by atoms with Crippen LogP contribution in [0.5, 0.6) is 0 Å². The number of hydrogen-bond acceptors (Lipinski definition) is 3. The van der Waals surface area contributed by atoms with Gasteiger partial charge >= 0.3 is 6.92 Å². The Morgan fingerprint density at radius 2 is 1.73 bits per heavy atom. The summed E-state index contributed by atoms with van der Waals surface area (Å²) in [5, 5.41) is 15.1. The van der Waals surface area contributed by atoms with Crippen LogP contribution < -0.4 is 5.46 Å². The number of aliphatic hydroxyl groups excluding tert-OH is 1. The topological polar surface area (TPSA) is 29.5 Å². The fourth-order valence-corrected chi connectivity index (χ4v) is 4.68. The van der Waals surface area contributed by atoms with Gasteiger partial charge in [-0.15, -0.1) is 11.3 Å². The van der Waals surface area contributed by atoms with Crippen molar-refractivity contribution in [3.05, 3.63) is 54.6 Å². The molecule has 0 saturated carbocycles. The van der Waals surface area contributed by atoms with Gasteiger partial charge in [0.1, 0.15) is 0 Å². The van der Waals surface area contributed by atoms with E-state index in [1.54, 1.807) is 6.92 Å². The van der Waals surface area contributed by atoms with Crippen LogP contribution in [0, 0.1) is 0 Å². The van der Waals surface area contributed by atoms with Gasteiger partial charge in [0.15, 0.2) is 0 Å². The third kappa shape index (κ3) is 2.92. The zero-order valence-electron chi connectivity index (χ0n) is 15.6. The molecule has 0 fully saturated rings. The molecule has 0 saturated heterocycles. The van der Waals surface area contributed by atoms with E-state index >= 15 is 0 Å². The molecule has 0 bridgehead atoms. The Hall–Kier alpha value is -1.88. The average Bonchev–Trinajstić information content (AvgIpc) is 2.99. The highest BCUT2D eigenvalue weighted by Gasteiger charge is 2.29. The molecule has 1 N–H and O–H groups in total. The van der Waals surface area contributed by atoms with Crippen molar-refractivity contribution in [2.45, 2.75) is 39.3 Å². The number of hydrogen-bond donors (Lipinski definition) is 1. The van der Waals surface area contributed by atoms with Gasteiger partial charge in [0.05, 0.1) is 11.7 Å². The zero-order valence-corrected chi connectivity index (χ0v) is 16.4. The molecule has 0 aliphatic heterocycles. The summed E-state index contributed by atoms with van der Waals surface area (Å²) in [7, 11) is 0. The maximum Gasteiger partial charge on any atom is 0.324 e. The highest BCUT2D eigenvalue weighted by molar-refractivity contribution is 7.26. The summed E-state index contributed by atoms with van der Waals surface area (Å²) in [4.78, 5) is 0. The molecule has 0 amide bonds. The minimum absolute atomic E-state index is 0.0778. The van der Waals surface area contributed by atoms with E-state index in [-0.39, 0.29) is 6.92 Å². The second kappa shape index (κ2) is 6.38. The lowest BCUT2D eigenvalue weighted by Crippen LogP contribution is -2.45. The average molecular weight is 362 g/mol. The summed E-state index contributed by atoms with van der Waals surface area (Å²) in [5.41, 5.74) is 0.562. The van der Waals surface area contributed by atoms with Crippen LogP contribution in [0.15, 0.2) is 54.6 Å². The molecule has 1 aromatic heterocycles. The molecule has 1 heterocycles. The van der Waals surface area contributed by atoms with E-state index in [9.17, 15) is 5.11 Å². The molecule has 0 aliphatic carbocycles. The van der Waals surface area contributed by atoms with E-state index < -0.39 is 11.7 Å². The minimum atomic E-state index is -0.579. The molecule has 3 aromatic carbocycles. The van der Waals surface area contributed by atoms with Crippen LogP contribution >= 0.6 is 11.3 Å². The lowest BCUT2D eigenvalue weighted by molar-refractivity contribution is -0.0181. The van der Waals surface area contributed by atoms with Crippen molar-refractivity contribution in [1.29, 1.82) is 0 Å². The van der Waals surface area contributed by atoms with E-state index in [0.717, 1.165) is 5.46 Å². The molecule has 1 unspecified atom stereocenters. The number of rotatable bonds is 4. The van der Waals surface area contributed by atoms with Gasteiger partial charge in [0.2, 0.25) is 0 Å². The largest absolute Gasteiger partial charge is 0.424 e. The molecular formula is C22H23BO2S. The van der Waals surface area contributed by atoms with Crippen LogP contribution in [0.3, 0.4) is 0 Å². The molecule has 1 atom stereocenters. The highest BCUT2D eigenvalue weighted by Crippen LogP contribution is 2.37. The lowest BCUT2D eigenvalue weighted by atomic mass is 9.63. The SMILES string of the molecule is CB(OC(C)(C)C(C)O)c1ccc2c(c1)sc1c3ccccc3ccc21. The minimum Gasteiger partial charge on any atom is -0.424 e. The maximum absolute atomic E-state index is 9.92. The van der Waals surface area contributed by atoms with Gasteiger partial charge in [0.25, 0.3) is 0 Å². The van der Waals surface area contributed by atoms with Gasteiger partial charge < -0.3 is 9.76 Å². The fraction of sp³-hybridized carbons (Fsp3) is 0.273. The van der Waals surface area contributed by atoms with Gasteiger partial charge in [-0.3, -0.25) is 0 Å². The molecule has 132 valence electrons. The summed E-state index contributed by atoms with van der Waals surface area (Å²) < 4.78 is 8.75. The normalized spacial score (nSPS) is 13.6. The van der Waals surface area contributed by atoms with Crippen molar-refractivity contribution in [2.75, 3.05) is 0 Å². The molecule has 0 radical (unpaired) electrons. The summed E-state index contributed by atoms with van der Waals surface area (Å²) in [6, 6.07) is 19.6. The van der Waals surface area contributed by atoms with Crippen molar-refractivity contribution in [3.63, 3.8) is 0 Å². The van der Waals surface area contributed by atoms with Crippen molar-refractivity contribution < 1.29 is 9.76 Å². The smallest absolute Gasteiger partial charge is 0.324 e. The Labute approximate surface area is 158 Å². The predicted molar refractivity (Wildman–Crippen MR) is 115 cm³/mol. The number of thiophene rings is 1. The maximum atomic E-state index is 9.92. The quantitative estimate of drug-likeness (QED) is 0.505. The summed E-state index contributed by atoms with van der Waals surface area (Å²) >= 11 is 1.84. The molecule has 0 spiro atoms. The summed E-state index contributed by atoms with van der Waals surface area (Å²) in [5.74, 6) is 0. The molecule has 4 rings (SSSR count). The second-order valence-corrected chi connectivity index (χ2v) is 8.61. The Kier molecular flexibility index (Phi) is 4.30. The first-order valence-electron chi connectivity index (χ1n) is 9.06. The van der Waals surface area contributed by atoms with Gasteiger partial charge in [-0.05, 0) is 43.1 Å². The predicted octanol–water partition coefficient (Wildman–Crippen LogP) is 5.21. The molecular weight excluding hydrogens is 339 g/mol. The summed E-state index contributed by atoms with van der Waals surface area (Å²) in [6.45, 7) is 7.60. The third-order valence-electron chi connectivity index (χ3n) is 5.34. The first kappa shape index (κ1) is 17.5. The van der Waals surface area contributed by atoms with Crippen molar-refractivity contribution >= 4 is 54.7 Å². The van der Waals surface area contributed by atoms with Crippen LogP contribution in [0.25, 0.3) is 30.9 Å². The van der Waals surface area contributed by atoms with E-state index in [0.29, 0.717) is 0 Å². The Morgan fingerprint density at radius 1 is 1.00 bits per heavy atom. The molecule has 4 heteroatoms. The van der Waals surface area contributed by atoms with Gasteiger partial charge in [0, 0.05) is 20.2 Å². The summed E-state index contributed by atoms with van der Waals surface area (Å²) in [6.07, 6.45) is -0.524. The van der Waals surface area contributed by atoms with Crippen LogP contribution in [0.2, 0.25) is 6.82 Å². The molecule has 2 nitrogen and oxygen atoms in total. The third-order valence-corrected chi connectivity index (χ3v) is 6.55. The van der Waals surface area contributed by atoms with Gasteiger partial charge in [-0.1, -0.05) is 55.4 Å². The highest BCUT2D eigenvalue weighted by atomic mass is 32.1. The standard InChI is InChI=1S/C22H23BO2S/c1-14(24)22(2,3)25-23(4)16-10-12-18-19-11-9-15-7-5-6-8-17(15)21(19)26-20(18)13-16/h5-14,24H,1-4H3. The van der Waals surface area contributed by atoms with Crippen LogP contribution in [0.4, 0.5) is 0 Å². The van der Waals surface area contributed by atoms with Crippen LogP contribution in [0.1, 0.15) is 20.8 Å². The Bertz CT molecular complexity index is 1100. The van der Waals surface area contributed by atoms with Crippen molar-refractivity contribution in [2.24, 2.45) is 0 Å². The first-order chi connectivity index (χ1) is 12.4. The van der Waals surface area contributed by atoms with Crippen molar-refractivity contribution in [3.8, 4) is 0 Å². The van der Waals surface area contributed by atoms with Gasteiger partial charge in [-0.2, -0.15) is 0 Å². The zero-order chi connectivity index (χ0) is 18.5. The monoisotopic (exact) mass is 362 g/mol. The molecule has 26 heavy (non-hydrogen) atoms. The lowest BCUT2D eigenvalue weighted by Gasteiger charge is -2.31. The number of benzene rings is 3. The second-order valence-electron chi connectivity index (χ2n) is 7.56. The Morgan fingerprint density at radius 3 is 2.50 bits per heavy atom. The van der Waals surface area contributed by atoms with Gasteiger partial charge in [-0.25, -0.2) is 0 Å². The van der Waals surface area contributed by atoms with E-state index in [1.165, 1.54) is 30.9 Å². The first-order valence-corrected chi connectivity index (χ1v) is 9.88. The molecule has 4 aromatic rings.